The minimum Gasteiger partial charge on any atom is -0.497 e. The molecule has 0 aromatic heterocycles. The highest BCUT2D eigenvalue weighted by molar-refractivity contribution is 5.77. The van der Waals surface area contributed by atoms with Crippen molar-refractivity contribution in [3.63, 3.8) is 0 Å². The van der Waals surface area contributed by atoms with Crippen LogP contribution in [0.2, 0.25) is 0 Å². The van der Waals surface area contributed by atoms with E-state index in [1.807, 2.05) is 24.3 Å². The summed E-state index contributed by atoms with van der Waals surface area (Å²) in [5, 5.41) is 2.78. The normalized spacial score (nSPS) is 15.5. The molecule has 2 aromatic carbocycles. The quantitative estimate of drug-likeness (QED) is 0.878. The number of methoxy groups -OCH3 is 1. The lowest BCUT2D eigenvalue weighted by Gasteiger charge is -2.26. The Balaban J connectivity index is 1.41. The summed E-state index contributed by atoms with van der Waals surface area (Å²) in [6, 6.07) is 14.5. The number of ether oxygens (including phenoxy) is 4. The summed E-state index contributed by atoms with van der Waals surface area (Å²) < 4.78 is 21.9. The molecule has 0 spiro atoms. The number of benzene rings is 2. The van der Waals surface area contributed by atoms with Crippen molar-refractivity contribution in [3.05, 3.63) is 48.5 Å². The minimum absolute atomic E-state index is 0.0590. The van der Waals surface area contributed by atoms with Crippen LogP contribution in [-0.2, 0) is 4.79 Å². The number of carbonyl (C=O) groups excluding carboxylic acids is 1. The predicted molar refractivity (Wildman–Crippen MR) is 87.9 cm³/mol. The molecule has 1 N–H and O–H groups in total. The van der Waals surface area contributed by atoms with Gasteiger partial charge in [0.2, 0.25) is 0 Å². The van der Waals surface area contributed by atoms with Crippen molar-refractivity contribution < 1.29 is 23.7 Å². The van der Waals surface area contributed by atoms with Gasteiger partial charge in [-0.05, 0) is 36.4 Å². The van der Waals surface area contributed by atoms with E-state index < -0.39 is 0 Å². The average Bonchev–Trinajstić information content (AvgIpc) is 2.65. The minimum atomic E-state index is -0.218. The Bertz CT molecular complexity index is 686. The number of nitrogens with one attached hydrogen (secondary N) is 1. The zero-order chi connectivity index (χ0) is 16.8. The summed E-state index contributed by atoms with van der Waals surface area (Å²) in [5.41, 5.74) is 0. The molecule has 1 atom stereocenters. The zero-order valence-electron chi connectivity index (χ0n) is 13.4. The van der Waals surface area contributed by atoms with E-state index in [0.29, 0.717) is 24.7 Å². The summed E-state index contributed by atoms with van der Waals surface area (Å²) >= 11 is 0. The van der Waals surface area contributed by atoms with Gasteiger partial charge in [0.1, 0.15) is 24.2 Å². The first-order chi connectivity index (χ1) is 11.7. The van der Waals surface area contributed by atoms with Gasteiger partial charge in [-0.1, -0.05) is 12.1 Å². The topological polar surface area (TPSA) is 66.0 Å². The van der Waals surface area contributed by atoms with Crippen LogP contribution in [0, 0.1) is 0 Å². The Morgan fingerprint density at radius 3 is 2.58 bits per heavy atom. The van der Waals surface area contributed by atoms with Crippen LogP contribution in [0.5, 0.6) is 23.0 Å². The number of para-hydroxylation sites is 2. The van der Waals surface area contributed by atoms with E-state index in [2.05, 4.69) is 5.32 Å². The van der Waals surface area contributed by atoms with Gasteiger partial charge < -0.3 is 24.3 Å². The number of hydrogen-bond acceptors (Lipinski definition) is 5. The van der Waals surface area contributed by atoms with Crippen LogP contribution in [0.25, 0.3) is 0 Å². The Morgan fingerprint density at radius 1 is 1.12 bits per heavy atom. The first kappa shape index (κ1) is 16.0. The van der Waals surface area contributed by atoms with Crippen LogP contribution in [0.3, 0.4) is 0 Å². The third-order valence-electron chi connectivity index (χ3n) is 3.52. The molecule has 1 aliphatic rings. The van der Waals surface area contributed by atoms with E-state index in [9.17, 15) is 4.79 Å². The second kappa shape index (κ2) is 7.59. The fourth-order valence-electron chi connectivity index (χ4n) is 2.26. The van der Waals surface area contributed by atoms with Gasteiger partial charge in [-0.15, -0.1) is 0 Å². The van der Waals surface area contributed by atoms with Crippen LogP contribution in [0.1, 0.15) is 0 Å². The van der Waals surface area contributed by atoms with Crippen molar-refractivity contribution in [1.82, 2.24) is 5.32 Å². The third kappa shape index (κ3) is 4.10. The third-order valence-corrected chi connectivity index (χ3v) is 3.52. The zero-order valence-corrected chi connectivity index (χ0v) is 13.4. The van der Waals surface area contributed by atoms with Gasteiger partial charge in [0.25, 0.3) is 5.91 Å². The lowest BCUT2D eigenvalue weighted by atomic mass is 10.2. The number of carbonyl (C=O) groups is 1. The van der Waals surface area contributed by atoms with Gasteiger partial charge >= 0.3 is 0 Å². The Kier molecular flexibility index (Phi) is 5.05. The number of hydrogen-bond donors (Lipinski definition) is 1. The lowest BCUT2D eigenvalue weighted by Crippen LogP contribution is -2.42. The summed E-state index contributed by atoms with van der Waals surface area (Å²) in [4.78, 5) is 11.9. The van der Waals surface area contributed by atoms with E-state index in [1.165, 1.54) is 0 Å². The van der Waals surface area contributed by atoms with Crippen molar-refractivity contribution in [2.45, 2.75) is 6.10 Å². The first-order valence-electron chi connectivity index (χ1n) is 7.66. The van der Waals surface area contributed by atoms with Crippen molar-refractivity contribution in [2.24, 2.45) is 0 Å². The van der Waals surface area contributed by atoms with Crippen LogP contribution in [0.4, 0.5) is 0 Å². The molecule has 3 rings (SSSR count). The maximum atomic E-state index is 11.9. The molecular formula is C18H19NO5. The molecule has 1 aliphatic heterocycles. The second-order valence-electron chi connectivity index (χ2n) is 5.27. The Morgan fingerprint density at radius 2 is 1.83 bits per heavy atom. The summed E-state index contributed by atoms with van der Waals surface area (Å²) in [5.74, 6) is 2.55. The maximum absolute atomic E-state index is 11.9. The summed E-state index contributed by atoms with van der Waals surface area (Å²) in [6.07, 6.45) is -0.218. The van der Waals surface area contributed by atoms with Crippen molar-refractivity contribution >= 4 is 5.91 Å². The second-order valence-corrected chi connectivity index (χ2v) is 5.27. The van der Waals surface area contributed by atoms with Gasteiger partial charge in [0.15, 0.2) is 18.1 Å². The summed E-state index contributed by atoms with van der Waals surface area (Å²) in [6.45, 7) is 0.701. The monoisotopic (exact) mass is 329 g/mol. The smallest absolute Gasteiger partial charge is 0.258 e. The van der Waals surface area contributed by atoms with Crippen LogP contribution in [-0.4, -0.2) is 38.9 Å². The predicted octanol–water partition coefficient (Wildman–Crippen LogP) is 2.03. The Labute approximate surface area is 140 Å². The van der Waals surface area contributed by atoms with E-state index in [4.69, 9.17) is 18.9 Å². The molecule has 2 aromatic rings. The molecule has 6 nitrogen and oxygen atoms in total. The molecule has 6 heteroatoms. The van der Waals surface area contributed by atoms with Crippen molar-refractivity contribution in [3.8, 4) is 23.0 Å². The molecule has 24 heavy (non-hydrogen) atoms. The average molecular weight is 329 g/mol. The standard InChI is InChI=1S/C18H19NO5/c1-21-13-6-8-14(9-7-13)22-12-18(20)19-10-15-11-23-16-4-2-3-5-17(16)24-15/h2-9,15H,10-12H2,1H3,(H,19,20). The molecule has 0 aliphatic carbocycles. The maximum Gasteiger partial charge on any atom is 0.258 e. The molecule has 0 bridgehead atoms. The number of amides is 1. The van der Waals surface area contributed by atoms with Gasteiger partial charge in [-0.25, -0.2) is 0 Å². The number of rotatable bonds is 6. The fourth-order valence-corrected chi connectivity index (χ4v) is 2.26. The molecule has 1 unspecified atom stereocenters. The van der Waals surface area contributed by atoms with Gasteiger partial charge in [0, 0.05) is 0 Å². The molecule has 0 saturated heterocycles. The Hall–Kier alpha value is -2.89. The van der Waals surface area contributed by atoms with Crippen LogP contribution in [0.15, 0.2) is 48.5 Å². The van der Waals surface area contributed by atoms with E-state index >= 15 is 0 Å². The highest BCUT2D eigenvalue weighted by Gasteiger charge is 2.21. The fraction of sp³-hybridized carbons (Fsp3) is 0.278. The summed E-state index contributed by atoms with van der Waals surface area (Å²) in [7, 11) is 1.60. The number of fused-ring (bicyclic) bond motifs is 1. The van der Waals surface area contributed by atoms with Crippen LogP contribution < -0.4 is 24.3 Å². The van der Waals surface area contributed by atoms with E-state index in [-0.39, 0.29) is 18.6 Å². The van der Waals surface area contributed by atoms with E-state index in [0.717, 1.165) is 11.5 Å². The molecule has 1 amide bonds. The molecule has 0 radical (unpaired) electrons. The van der Waals surface area contributed by atoms with Gasteiger partial charge in [-0.2, -0.15) is 0 Å². The van der Waals surface area contributed by atoms with Crippen molar-refractivity contribution in [1.29, 1.82) is 0 Å². The van der Waals surface area contributed by atoms with Gasteiger partial charge in [0.05, 0.1) is 13.7 Å². The molecule has 1 heterocycles. The SMILES string of the molecule is COc1ccc(OCC(=O)NCC2COc3ccccc3O2)cc1. The molecule has 0 saturated carbocycles. The molecule has 126 valence electrons. The van der Waals surface area contributed by atoms with Crippen LogP contribution >= 0.6 is 0 Å². The van der Waals surface area contributed by atoms with Crippen molar-refractivity contribution in [2.75, 3.05) is 26.9 Å². The lowest BCUT2D eigenvalue weighted by molar-refractivity contribution is -0.123. The largest absolute Gasteiger partial charge is 0.497 e. The van der Waals surface area contributed by atoms with Gasteiger partial charge in [-0.3, -0.25) is 4.79 Å². The molecule has 0 fully saturated rings. The molecular weight excluding hydrogens is 310 g/mol. The highest BCUT2D eigenvalue weighted by atomic mass is 16.6. The highest BCUT2D eigenvalue weighted by Crippen LogP contribution is 2.30. The van der Waals surface area contributed by atoms with E-state index in [1.54, 1.807) is 31.4 Å². The first-order valence-corrected chi connectivity index (χ1v) is 7.66.